The summed E-state index contributed by atoms with van der Waals surface area (Å²) in [5.74, 6) is -0.912. The summed E-state index contributed by atoms with van der Waals surface area (Å²) in [5, 5.41) is 0. The molecule has 112 valence electrons. The third-order valence-electron chi connectivity index (χ3n) is 3.34. The number of carbonyl (C=O) groups is 1. The molecular weight excluding hydrogens is 290 g/mol. The zero-order chi connectivity index (χ0) is 15.6. The van der Waals surface area contributed by atoms with Crippen LogP contribution in [0.2, 0.25) is 0 Å². The maximum Gasteiger partial charge on any atom is 0.312 e. The number of hydrogen-bond donors (Lipinski definition) is 0. The van der Waals surface area contributed by atoms with Gasteiger partial charge in [-0.05, 0) is 37.6 Å². The van der Waals surface area contributed by atoms with Crippen molar-refractivity contribution in [2.24, 2.45) is 0 Å². The number of benzene rings is 1. The maximum atomic E-state index is 12.5. The van der Waals surface area contributed by atoms with E-state index in [9.17, 15) is 13.2 Å². The van der Waals surface area contributed by atoms with Crippen LogP contribution in [0.3, 0.4) is 0 Å². The van der Waals surface area contributed by atoms with Crippen molar-refractivity contribution in [3.63, 3.8) is 0 Å². The van der Waals surface area contributed by atoms with Crippen molar-refractivity contribution < 1.29 is 17.9 Å². The summed E-state index contributed by atoms with van der Waals surface area (Å²) < 4.78 is 30.7. The number of methoxy groups -OCH3 is 1. The third kappa shape index (κ3) is 3.00. The molecule has 6 heteroatoms. The Bertz CT molecular complexity index is 744. The fraction of sp³-hybridized carbons (Fsp3) is 0.267. The smallest absolute Gasteiger partial charge is 0.312 e. The SMILES string of the molecule is COC(=O)C(C)c1ccn(S(=O)(=O)c2ccc(C)cc2)c1. The number of carbonyl (C=O) groups excluding carboxylic acids is 1. The van der Waals surface area contributed by atoms with Crippen molar-refractivity contribution in [1.29, 1.82) is 0 Å². The van der Waals surface area contributed by atoms with Crippen molar-refractivity contribution in [3.05, 3.63) is 53.9 Å². The van der Waals surface area contributed by atoms with Crippen LogP contribution in [-0.4, -0.2) is 25.5 Å². The Morgan fingerprint density at radius 2 is 1.81 bits per heavy atom. The molecule has 0 fully saturated rings. The van der Waals surface area contributed by atoms with Crippen LogP contribution in [0.25, 0.3) is 0 Å². The topological polar surface area (TPSA) is 65.4 Å². The molecule has 0 saturated heterocycles. The van der Waals surface area contributed by atoms with Crippen LogP contribution in [0.15, 0.2) is 47.6 Å². The van der Waals surface area contributed by atoms with E-state index < -0.39 is 21.9 Å². The molecule has 0 aliphatic heterocycles. The number of aromatic nitrogens is 1. The minimum atomic E-state index is -3.64. The first-order valence-corrected chi connectivity index (χ1v) is 7.88. The molecule has 1 atom stereocenters. The van der Waals surface area contributed by atoms with Crippen molar-refractivity contribution in [1.82, 2.24) is 3.97 Å². The summed E-state index contributed by atoms with van der Waals surface area (Å²) in [6.07, 6.45) is 2.88. The molecule has 0 radical (unpaired) electrons. The highest BCUT2D eigenvalue weighted by Crippen LogP contribution is 2.21. The number of ether oxygens (including phenoxy) is 1. The molecule has 0 spiro atoms. The van der Waals surface area contributed by atoms with Crippen molar-refractivity contribution in [2.75, 3.05) is 7.11 Å². The van der Waals surface area contributed by atoms with Gasteiger partial charge in [-0.2, -0.15) is 0 Å². The second-order valence-electron chi connectivity index (χ2n) is 4.84. The lowest BCUT2D eigenvalue weighted by molar-refractivity contribution is -0.141. The Morgan fingerprint density at radius 3 is 2.38 bits per heavy atom. The number of aryl methyl sites for hydroxylation is 1. The highest BCUT2D eigenvalue weighted by atomic mass is 32.2. The minimum absolute atomic E-state index is 0.209. The quantitative estimate of drug-likeness (QED) is 0.813. The van der Waals surface area contributed by atoms with Gasteiger partial charge in [0, 0.05) is 12.4 Å². The molecule has 0 aliphatic rings. The van der Waals surface area contributed by atoms with Gasteiger partial charge in [-0.1, -0.05) is 17.7 Å². The first-order chi connectivity index (χ1) is 9.86. The van der Waals surface area contributed by atoms with Gasteiger partial charge in [-0.25, -0.2) is 12.4 Å². The predicted molar refractivity (Wildman–Crippen MR) is 78.6 cm³/mol. The zero-order valence-corrected chi connectivity index (χ0v) is 12.9. The van der Waals surface area contributed by atoms with E-state index in [1.165, 1.54) is 19.5 Å². The van der Waals surface area contributed by atoms with Crippen LogP contribution in [0, 0.1) is 6.92 Å². The second kappa shape index (κ2) is 5.73. The fourth-order valence-corrected chi connectivity index (χ4v) is 3.15. The largest absolute Gasteiger partial charge is 0.469 e. The number of hydrogen-bond acceptors (Lipinski definition) is 4. The molecule has 0 amide bonds. The summed E-state index contributed by atoms with van der Waals surface area (Å²) in [5.41, 5.74) is 1.58. The van der Waals surface area contributed by atoms with Crippen molar-refractivity contribution in [3.8, 4) is 0 Å². The standard InChI is InChI=1S/C15H17NO4S/c1-11-4-6-14(7-5-11)21(18,19)16-9-8-13(10-16)12(2)15(17)20-3/h4-10,12H,1-3H3. The zero-order valence-electron chi connectivity index (χ0n) is 12.1. The first kappa shape index (κ1) is 15.3. The van der Waals surface area contributed by atoms with Gasteiger partial charge in [0.25, 0.3) is 10.0 Å². The summed E-state index contributed by atoms with van der Waals surface area (Å²) in [4.78, 5) is 11.7. The minimum Gasteiger partial charge on any atom is -0.469 e. The molecule has 1 unspecified atom stereocenters. The maximum absolute atomic E-state index is 12.5. The van der Waals surface area contributed by atoms with Crippen LogP contribution < -0.4 is 0 Å². The number of nitrogens with zero attached hydrogens (tertiary/aromatic N) is 1. The highest BCUT2D eigenvalue weighted by molar-refractivity contribution is 7.90. The van der Waals surface area contributed by atoms with Gasteiger partial charge in [0.15, 0.2) is 0 Å². The lowest BCUT2D eigenvalue weighted by atomic mass is 10.1. The molecule has 1 aromatic heterocycles. The average molecular weight is 307 g/mol. The van der Waals surface area contributed by atoms with E-state index in [2.05, 4.69) is 4.74 Å². The Labute approximate surface area is 124 Å². The van der Waals surface area contributed by atoms with E-state index in [1.807, 2.05) is 6.92 Å². The molecule has 5 nitrogen and oxygen atoms in total. The Morgan fingerprint density at radius 1 is 1.19 bits per heavy atom. The van der Waals surface area contributed by atoms with Crippen LogP contribution in [-0.2, 0) is 19.6 Å². The molecule has 1 heterocycles. The molecule has 21 heavy (non-hydrogen) atoms. The molecular formula is C15H17NO4S. The molecule has 0 saturated carbocycles. The van der Waals surface area contributed by atoms with Crippen LogP contribution in [0.5, 0.6) is 0 Å². The molecule has 0 bridgehead atoms. The van der Waals surface area contributed by atoms with Crippen LogP contribution in [0.1, 0.15) is 24.0 Å². The summed E-state index contributed by atoms with van der Waals surface area (Å²) in [6, 6.07) is 8.22. The highest BCUT2D eigenvalue weighted by Gasteiger charge is 2.21. The van der Waals surface area contributed by atoms with Gasteiger partial charge in [0.1, 0.15) is 0 Å². The van der Waals surface area contributed by atoms with Gasteiger partial charge in [0.05, 0.1) is 17.9 Å². The van der Waals surface area contributed by atoms with E-state index >= 15 is 0 Å². The Hall–Kier alpha value is -2.08. The summed E-state index contributed by atoms with van der Waals surface area (Å²) in [6.45, 7) is 3.56. The van der Waals surface area contributed by atoms with Crippen LogP contribution >= 0.6 is 0 Å². The molecule has 2 aromatic rings. The average Bonchev–Trinajstić information content (AvgIpc) is 2.96. The van der Waals surface area contributed by atoms with E-state index in [4.69, 9.17) is 0 Å². The second-order valence-corrected chi connectivity index (χ2v) is 6.68. The van der Waals surface area contributed by atoms with Crippen LogP contribution in [0.4, 0.5) is 0 Å². The lowest BCUT2D eigenvalue weighted by Crippen LogP contribution is -2.12. The third-order valence-corrected chi connectivity index (χ3v) is 4.99. The Kier molecular flexibility index (Phi) is 4.18. The molecule has 1 aromatic carbocycles. The molecule has 0 aliphatic carbocycles. The monoisotopic (exact) mass is 307 g/mol. The van der Waals surface area contributed by atoms with Gasteiger partial charge >= 0.3 is 5.97 Å². The lowest BCUT2D eigenvalue weighted by Gasteiger charge is -2.08. The molecule has 0 N–H and O–H groups in total. The predicted octanol–water partition coefficient (Wildman–Crippen LogP) is 2.31. The fourth-order valence-electron chi connectivity index (χ4n) is 1.94. The van der Waals surface area contributed by atoms with E-state index in [1.54, 1.807) is 37.3 Å². The van der Waals surface area contributed by atoms with Gasteiger partial charge < -0.3 is 4.74 Å². The van der Waals surface area contributed by atoms with E-state index in [0.29, 0.717) is 5.56 Å². The van der Waals surface area contributed by atoms with Crippen molar-refractivity contribution >= 4 is 16.0 Å². The number of esters is 1. The number of rotatable bonds is 4. The first-order valence-electron chi connectivity index (χ1n) is 6.44. The molecule has 2 rings (SSSR count). The summed E-state index contributed by atoms with van der Waals surface area (Å²) >= 11 is 0. The van der Waals surface area contributed by atoms with Crippen molar-refractivity contribution in [2.45, 2.75) is 24.7 Å². The van der Waals surface area contributed by atoms with E-state index in [0.717, 1.165) is 9.54 Å². The van der Waals surface area contributed by atoms with E-state index in [-0.39, 0.29) is 4.90 Å². The Balaban J connectivity index is 2.36. The van der Waals surface area contributed by atoms with Gasteiger partial charge in [-0.15, -0.1) is 0 Å². The van der Waals surface area contributed by atoms with Gasteiger partial charge in [-0.3, -0.25) is 4.79 Å². The van der Waals surface area contributed by atoms with Gasteiger partial charge in [0.2, 0.25) is 0 Å². The normalized spacial score (nSPS) is 12.9. The summed E-state index contributed by atoms with van der Waals surface area (Å²) in [7, 11) is -2.33.